The van der Waals surface area contributed by atoms with Crippen LogP contribution in [0, 0.1) is 0 Å². The van der Waals surface area contributed by atoms with Gasteiger partial charge >= 0.3 is 0 Å². The molecule has 0 aromatic heterocycles. The topological polar surface area (TPSA) is 58.4 Å². The van der Waals surface area contributed by atoms with Crippen LogP contribution in [0.2, 0.25) is 0 Å². The zero-order chi connectivity index (χ0) is 15.4. The zero-order valence-corrected chi connectivity index (χ0v) is 12.6. The molecule has 0 saturated heterocycles. The first-order chi connectivity index (χ1) is 10.7. The van der Waals surface area contributed by atoms with E-state index in [-0.39, 0.29) is 5.91 Å². The van der Waals surface area contributed by atoms with Crippen LogP contribution in [0.15, 0.2) is 48.5 Å². The molecule has 0 saturated carbocycles. The Morgan fingerprint density at radius 2 is 1.95 bits per heavy atom. The van der Waals surface area contributed by atoms with Crippen LogP contribution >= 0.6 is 0 Å². The molecule has 1 heterocycles. The van der Waals surface area contributed by atoms with Crippen molar-refractivity contribution in [2.75, 3.05) is 24.1 Å². The number of carbonyl (C=O) groups is 1. The number of anilines is 2. The second-order valence-corrected chi connectivity index (χ2v) is 5.72. The monoisotopic (exact) mass is 295 g/mol. The molecule has 2 aromatic carbocycles. The summed E-state index contributed by atoms with van der Waals surface area (Å²) < 4.78 is 0. The Labute approximate surface area is 130 Å². The summed E-state index contributed by atoms with van der Waals surface area (Å²) in [6.07, 6.45) is 1.56. The number of nitrogens with zero attached hydrogens (tertiary/aromatic N) is 1. The second-order valence-electron chi connectivity index (χ2n) is 5.72. The number of nitrogen functional groups attached to an aromatic ring is 1. The number of benzene rings is 2. The second kappa shape index (κ2) is 6.62. The molecule has 0 spiro atoms. The maximum absolute atomic E-state index is 12.0. The van der Waals surface area contributed by atoms with Crippen LogP contribution in [0.25, 0.3) is 0 Å². The van der Waals surface area contributed by atoms with Crippen molar-refractivity contribution in [1.29, 1.82) is 0 Å². The number of fused-ring (bicyclic) bond motifs is 1. The van der Waals surface area contributed by atoms with Crippen molar-refractivity contribution in [3.63, 3.8) is 0 Å². The lowest BCUT2D eigenvalue weighted by atomic mass is 10.00. The van der Waals surface area contributed by atoms with Gasteiger partial charge in [-0.15, -0.1) is 0 Å². The molecule has 0 radical (unpaired) electrons. The zero-order valence-electron chi connectivity index (χ0n) is 12.6. The SMILES string of the molecule is Nc1cccc(NC(=O)CCN2CCc3ccccc3C2)c1. The van der Waals surface area contributed by atoms with E-state index in [2.05, 4.69) is 34.5 Å². The van der Waals surface area contributed by atoms with E-state index in [0.717, 1.165) is 31.7 Å². The van der Waals surface area contributed by atoms with E-state index in [1.54, 1.807) is 12.1 Å². The maximum Gasteiger partial charge on any atom is 0.225 e. The van der Waals surface area contributed by atoms with Crippen molar-refractivity contribution in [2.24, 2.45) is 0 Å². The predicted molar refractivity (Wildman–Crippen MR) is 89.5 cm³/mol. The highest BCUT2D eigenvalue weighted by atomic mass is 16.1. The Morgan fingerprint density at radius 3 is 2.77 bits per heavy atom. The Bertz CT molecular complexity index is 669. The van der Waals surface area contributed by atoms with Crippen LogP contribution in [-0.4, -0.2) is 23.9 Å². The van der Waals surface area contributed by atoms with Gasteiger partial charge in [0.1, 0.15) is 0 Å². The van der Waals surface area contributed by atoms with Crippen molar-refractivity contribution in [1.82, 2.24) is 4.90 Å². The lowest BCUT2D eigenvalue weighted by Crippen LogP contribution is -2.33. The number of nitrogens with one attached hydrogen (secondary N) is 1. The van der Waals surface area contributed by atoms with Gasteiger partial charge in [-0.25, -0.2) is 0 Å². The smallest absolute Gasteiger partial charge is 0.225 e. The molecule has 0 bridgehead atoms. The highest BCUT2D eigenvalue weighted by molar-refractivity contribution is 5.91. The van der Waals surface area contributed by atoms with Gasteiger partial charge in [0.25, 0.3) is 0 Å². The summed E-state index contributed by atoms with van der Waals surface area (Å²) in [5.41, 5.74) is 9.94. The first-order valence-corrected chi connectivity index (χ1v) is 7.65. The van der Waals surface area contributed by atoms with Crippen LogP contribution < -0.4 is 11.1 Å². The lowest BCUT2D eigenvalue weighted by Gasteiger charge is -2.28. The molecule has 114 valence electrons. The quantitative estimate of drug-likeness (QED) is 0.853. The highest BCUT2D eigenvalue weighted by Crippen LogP contribution is 2.18. The molecule has 0 aliphatic carbocycles. The van der Waals surface area contributed by atoms with Gasteiger partial charge in [-0.05, 0) is 35.7 Å². The summed E-state index contributed by atoms with van der Waals surface area (Å²) in [7, 11) is 0. The lowest BCUT2D eigenvalue weighted by molar-refractivity contribution is -0.116. The van der Waals surface area contributed by atoms with E-state index in [4.69, 9.17) is 5.73 Å². The number of hydrogen-bond acceptors (Lipinski definition) is 3. The molecule has 0 unspecified atom stereocenters. The highest BCUT2D eigenvalue weighted by Gasteiger charge is 2.16. The van der Waals surface area contributed by atoms with Crippen LogP contribution in [-0.2, 0) is 17.8 Å². The summed E-state index contributed by atoms with van der Waals surface area (Å²) in [5.74, 6) is 0.0319. The first kappa shape index (κ1) is 14.6. The molecule has 0 fully saturated rings. The summed E-state index contributed by atoms with van der Waals surface area (Å²) in [4.78, 5) is 14.4. The van der Waals surface area contributed by atoms with Crippen molar-refractivity contribution in [3.8, 4) is 0 Å². The summed E-state index contributed by atoms with van der Waals surface area (Å²) in [6.45, 7) is 2.73. The minimum Gasteiger partial charge on any atom is -0.399 e. The van der Waals surface area contributed by atoms with Gasteiger partial charge in [0.2, 0.25) is 5.91 Å². The molecular weight excluding hydrogens is 274 g/mol. The van der Waals surface area contributed by atoms with E-state index in [0.29, 0.717) is 12.1 Å². The fraction of sp³-hybridized carbons (Fsp3) is 0.278. The molecular formula is C18H21N3O. The van der Waals surface area contributed by atoms with Crippen molar-refractivity contribution >= 4 is 17.3 Å². The summed E-state index contributed by atoms with van der Waals surface area (Å²) in [6, 6.07) is 15.8. The van der Waals surface area contributed by atoms with Gasteiger partial charge < -0.3 is 11.1 Å². The predicted octanol–water partition coefficient (Wildman–Crippen LogP) is 2.66. The molecule has 1 aliphatic rings. The Balaban J connectivity index is 1.50. The van der Waals surface area contributed by atoms with Gasteiger partial charge in [0.15, 0.2) is 0 Å². The number of hydrogen-bond donors (Lipinski definition) is 2. The van der Waals surface area contributed by atoms with Crippen molar-refractivity contribution < 1.29 is 4.79 Å². The van der Waals surface area contributed by atoms with Crippen molar-refractivity contribution in [2.45, 2.75) is 19.4 Å². The van der Waals surface area contributed by atoms with Crippen LogP contribution in [0.1, 0.15) is 17.5 Å². The maximum atomic E-state index is 12.0. The van der Waals surface area contributed by atoms with Crippen LogP contribution in [0.4, 0.5) is 11.4 Å². The molecule has 2 aromatic rings. The molecule has 4 nitrogen and oxygen atoms in total. The third-order valence-corrected chi connectivity index (χ3v) is 4.04. The van der Waals surface area contributed by atoms with Crippen molar-refractivity contribution in [3.05, 3.63) is 59.7 Å². The fourth-order valence-corrected chi connectivity index (χ4v) is 2.84. The van der Waals surface area contributed by atoms with E-state index >= 15 is 0 Å². The largest absolute Gasteiger partial charge is 0.399 e. The van der Waals surface area contributed by atoms with E-state index in [1.807, 2.05) is 12.1 Å². The van der Waals surface area contributed by atoms with Gasteiger partial charge in [0, 0.05) is 37.4 Å². The Kier molecular flexibility index (Phi) is 4.39. The average Bonchev–Trinajstić information content (AvgIpc) is 2.53. The van der Waals surface area contributed by atoms with E-state index in [1.165, 1.54) is 11.1 Å². The number of carbonyl (C=O) groups excluding carboxylic acids is 1. The third-order valence-electron chi connectivity index (χ3n) is 4.04. The van der Waals surface area contributed by atoms with E-state index < -0.39 is 0 Å². The molecule has 4 heteroatoms. The summed E-state index contributed by atoms with van der Waals surface area (Å²) >= 11 is 0. The summed E-state index contributed by atoms with van der Waals surface area (Å²) in [5, 5.41) is 2.90. The van der Waals surface area contributed by atoms with Crippen LogP contribution in [0.3, 0.4) is 0 Å². The number of amides is 1. The standard InChI is InChI=1S/C18H21N3O/c19-16-6-3-7-17(12-16)20-18(22)9-11-21-10-8-14-4-1-2-5-15(14)13-21/h1-7,12H,8-11,13,19H2,(H,20,22). The van der Waals surface area contributed by atoms with Crippen LogP contribution in [0.5, 0.6) is 0 Å². The van der Waals surface area contributed by atoms with Gasteiger partial charge in [-0.3, -0.25) is 9.69 Å². The third kappa shape index (κ3) is 3.65. The molecule has 22 heavy (non-hydrogen) atoms. The first-order valence-electron chi connectivity index (χ1n) is 7.65. The minimum absolute atomic E-state index is 0.0319. The molecule has 3 rings (SSSR count). The Hall–Kier alpha value is -2.33. The average molecular weight is 295 g/mol. The fourth-order valence-electron chi connectivity index (χ4n) is 2.84. The molecule has 1 amide bonds. The normalized spacial score (nSPS) is 14.4. The Morgan fingerprint density at radius 1 is 1.14 bits per heavy atom. The number of rotatable bonds is 4. The molecule has 0 atom stereocenters. The molecule has 3 N–H and O–H groups in total. The van der Waals surface area contributed by atoms with Gasteiger partial charge in [0.05, 0.1) is 0 Å². The van der Waals surface area contributed by atoms with E-state index in [9.17, 15) is 4.79 Å². The molecule has 1 aliphatic heterocycles. The van der Waals surface area contributed by atoms with Gasteiger partial charge in [-0.2, -0.15) is 0 Å². The minimum atomic E-state index is 0.0319. The van der Waals surface area contributed by atoms with Gasteiger partial charge in [-0.1, -0.05) is 30.3 Å². The number of nitrogens with two attached hydrogens (primary N) is 1.